The molecule has 0 aliphatic rings. The van der Waals surface area contributed by atoms with E-state index in [1.807, 2.05) is 19.1 Å². The van der Waals surface area contributed by atoms with Gasteiger partial charge in [-0.2, -0.15) is 0 Å². The molecular weight excluding hydrogens is 186 g/mol. The van der Waals surface area contributed by atoms with E-state index in [0.29, 0.717) is 0 Å². The molecular formula is C13H19NO. The van der Waals surface area contributed by atoms with Gasteiger partial charge >= 0.3 is 0 Å². The highest BCUT2D eigenvalue weighted by molar-refractivity contribution is 5.27. The maximum Gasteiger partial charge on any atom is 0.118 e. The number of rotatable bonds is 6. The van der Waals surface area contributed by atoms with E-state index < -0.39 is 0 Å². The topological polar surface area (TPSA) is 21.3 Å². The van der Waals surface area contributed by atoms with Crippen molar-refractivity contribution in [2.75, 3.05) is 20.2 Å². The van der Waals surface area contributed by atoms with Gasteiger partial charge in [-0.05, 0) is 37.6 Å². The summed E-state index contributed by atoms with van der Waals surface area (Å²) >= 11 is 0. The van der Waals surface area contributed by atoms with Gasteiger partial charge in [-0.3, -0.25) is 0 Å². The fourth-order valence-corrected chi connectivity index (χ4v) is 1.33. The average Bonchev–Trinajstić information content (AvgIpc) is 2.25. The normalized spacial score (nSPS) is 10.0. The SMILES string of the molecule is C=C(C)CNCCc1ccc(OC)cc1. The first-order chi connectivity index (χ1) is 7.22. The summed E-state index contributed by atoms with van der Waals surface area (Å²) in [7, 11) is 1.68. The Morgan fingerprint density at radius 1 is 1.33 bits per heavy atom. The van der Waals surface area contributed by atoms with E-state index in [9.17, 15) is 0 Å². The molecule has 1 aromatic carbocycles. The van der Waals surface area contributed by atoms with E-state index in [4.69, 9.17) is 4.74 Å². The smallest absolute Gasteiger partial charge is 0.118 e. The molecule has 15 heavy (non-hydrogen) atoms. The Morgan fingerprint density at radius 3 is 2.53 bits per heavy atom. The quantitative estimate of drug-likeness (QED) is 0.569. The van der Waals surface area contributed by atoms with Crippen molar-refractivity contribution in [2.45, 2.75) is 13.3 Å². The van der Waals surface area contributed by atoms with Gasteiger partial charge in [0, 0.05) is 6.54 Å². The Kier molecular flexibility index (Phi) is 4.91. The van der Waals surface area contributed by atoms with Crippen molar-refractivity contribution < 1.29 is 4.74 Å². The summed E-state index contributed by atoms with van der Waals surface area (Å²) in [5, 5.41) is 3.33. The fourth-order valence-electron chi connectivity index (χ4n) is 1.33. The van der Waals surface area contributed by atoms with Gasteiger partial charge < -0.3 is 10.1 Å². The molecule has 1 N–H and O–H groups in total. The van der Waals surface area contributed by atoms with E-state index in [-0.39, 0.29) is 0 Å². The molecule has 2 heteroatoms. The van der Waals surface area contributed by atoms with Crippen LogP contribution in [0.2, 0.25) is 0 Å². The zero-order valence-corrected chi connectivity index (χ0v) is 9.55. The van der Waals surface area contributed by atoms with Crippen molar-refractivity contribution in [3.05, 3.63) is 42.0 Å². The molecule has 0 amide bonds. The molecule has 0 bridgehead atoms. The summed E-state index contributed by atoms with van der Waals surface area (Å²) < 4.78 is 5.10. The molecule has 0 saturated heterocycles. The lowest BCUT2D eigenvalue weighted by Crippen LogP contribution is -2.18. The van der Waals surface area contributed by atoms with Crippen molar-refractivity contribution >= 4 is 0 Å². The number of benzene rings is 1. The summed E-state index contributed by atoms with van der Waals surface area (Å²) in [4.78, 5) is 0. The van der Waals surface area contributed by atoms with Crippen LogP contribution in [0.25, 0.3) is 0 Å². The Labute approximate surface area is 92.0 Å². The van der Waals surface area contributed by atoms with Gasteiger partial charge in [0.2, 0.25) is 0 Å². The van der Waals surface area contributed by atoms with Crippen LogP contribution in [-0.2, 0) is 6.42 Å². The van der Waals surface area contributed by atoms with Crippen LogP contribution in [0.5, 0.6) is 5.75 Å². The van der Waals surface area contributed by atoms with Crippen molar-refractivity contribution in [3.63, 3.8) is 0 Å². The Morgan fingerprint density at radius 2 is 2.00 bits per heavy atom. The Bertz CT molecular complexity index is 303. The van der Waals surface area contributed by atoms with Crippen molar-refractivity contribution in [1.29, 1.82) is 0 Å². The van der Waals surface area contributed by atoms with Gasteiger partial charge in [0.1, 0.15) is 5.75 Å². The van der Waals surface area contributed by atoms with Crippen LogP contribution in [0.4, 0.5) is 0 Å². The van der Waals surface area contributed by atoms with Crippen LogP contribution in [-0.4, -0.2) is 20.2 Å². The van der Waals surface area contributed by atoms with Gasteiger partial charge in [0.25, 0.3) is 0 Å². The third-order valence-corrected chi connectivity index (χ3v) is 2.18. The van der Waals surface area contributed by atoms with E-state index in [2.05, 4.69) is 24.0 Å². The lowest BCUT2D eigenvalue weighted by molar-refractivity contribution is 0.414. The molecule has 0 fully saturated rings. The van der Waals surface area contributed by atoms with Gasteiger partial charge in [0.15, 0.2) is 0 Å². The number of hydrogen-bond donors (Lipinski definition) is 1. The molecule has 0 radical (unpaired) electrons. The van der Waals surface area contributed by atoms with E-state index in [1.54, 1.807) is 7.11 Å². The van der Waals surface area contributed by atoms with Crippen molar-refractivity contribution in [3.8, 4) is 5.75 Å². The predicted octanol–water partition coefficient (Wildman–Crippen LogP) is 2.40. The first-order valence-corrected chi connectivity index (χ1v) is 5.20. The highest BCUT2D eigenvalue weighted by Gasteiger charge is 1.94. The highest BCUT2D eigenvalue weighted by Crippen LogP contribution is 2.11. The lowest BCUT2D eigenvalue weighted by Gasteiger charge is -2.05. The molecule has 0 aromatic heterocycles. The summed E-state index contributed by atoms with van der Waals surface area (Å²) in [6, 6.07) is 8.19. The average molecular weight is 205 g/mol. The maximum atomic E-state index is 5.10. The number of ether oxygens (including phenoxy) is 1. The molecule has 0 spiro atoms. The summed E-state index contributed by atoms with van der Waals surface area (Å²) in [5.74, 6) is 0.911. The largest absolute Gasteiger partial charge is 0.497 e. The van der Waals surface area contributed by atoms with Gasteiger partial charge in [0.05, 0.1) is 7.11 Å². The highest BCUT2D eigenvalue weighted by atomic mass is 16.5. The molecule has 0 aliphatic carbocycles. The van der Waals surface area contributed by atoms with Gasteiger partial charge in [-0.25, -0.2) is 0 Å². The summed E-state index contributed by atoms with van der Waals surface area (Å²) in [6.07, 6.45) is 1.04. The second-order valence-corrected chi connectivity index (χ2v) is 3.73. The summed E-state index contributed by atoms with van der Waals surface area (Å²) in [6.45, 7) is 7.76. The van der Waals surface area contributed by atoms with Crippen LogP contribution in [0.1, 0.15) is 12.5 Å². The standard InChI is InChI=1S/C13H19NO/c1-11(2)10-14-9-8-12-4-6-13(15-3)7-5-12/h4-7,14H,1,8-10H2,2-3H3. The maximum absolute atomic E-state index is 5.10. The second-order valence-electron chi connectivity index (χ2n) is 3.73. The predicted molar refractivity (Wildman–Crippen MR) is 64.4 cm³/mol. The lowest BCUT2D eigenvalue weighted by atomic mass is 10.1. The van der Waals surface area contributed by atoms with Crippen LogP contribution in [0, 0.1) is 0 Å². The second kappa shape index (κ2) is 6.25. The third kappa shape index (κ3) is 4.66. The molecule has 0 heterocycles. The molecule has 0 unspecified atom stereocenters. The number of methoxy groups -OCH3 is 1. The van der Waals surface area contributed by atoms with E-state index >= 15 is 0 Å². The molecule has 1 rings (SSSR count). The zero-order valence-electron chi connectivity index (χ0n) is 9.55. The van der Waals surface area contributed by atoms with Crippen LogP contribution < -0.4 is 10.1 Å². The van der Waals surface area contributed by atoms with Gasteiger partial charge in [-0.15, -0.1) is 0 Å². The van der Waals surface area contributed by atoms with E-state index in [1.165, 1.54) is 11.1 Å². The molecule has 2 nitrogen and oxygen atoms in total. The minimum Gasteiger partial charge on any atom is -0.497 e. The van der Waals surface area contributed by atoms with E-state index in [0.717, 1.165) is 25.3 Å². The summed E-state index contributed by atoms with van der Waals surface area (Å²) in [5.41, 5.74) is 2.50. The molecule has 82 valence electrons. The minimum absolute atomic E-state index is 0.899. The first-order valence-electron chi connectivity index (χ1n) is 5.20. The van der Waals surface area contributed by atoms with Crippen LogP contribution in [0.3, 0.4) is 0 Å². The Balaban J connectivity index is 2.28. The third-order valence-electron chi connectivity index (χ3n) is 2.18. The Hall–Kier alpha value is -1.28. The van der Waals surface area contributed by atoms with Gasteiger partial charge in [-0.1, -0.05) is 24.3 Å². The van der Waals surface area contributed by atoms with Crippen molar-refractivity contribution in [1.82, 2.24) is 5.32 Å². The molecule has 0 saturated carbocycles. The van der Waals surface area contributed by atoms with Crippen LogP contribution in [0.15, 0.2) is 36.4 Å². The number of hydrogen-bond acceptors (Lipinski definition) is 2. The number of nitrogens with one attached hydrogen (secondary N) is 1. The molecule has 1 aromatic rings. The van der Waals surface area contributed by atoms with Crippen molar-refractivity contribution in [2.24, 2.45) is 0 Å². The fraction of sp³-hybridized carbons (Fsp3) is 0.385. The molecule has 0 atom stereocenters. The first kappa shape index (κ1) is 11.8. The van der Waals surface area contributed by atoms with Crippen LogP contribution >= 0.6 is 0 Å². The monoisotopic (exact) mass is 205 g/mol. The molecule has 0 aliphatic heterocycles. The minimum atomic E-state index is 0.899. The zero-order chi connectivity index (χ0) is 11.1.